The molecule has 0 bridgehead atoms. The van der Waals surface area contributed by atoms with E-state index in [-0.39, 0.29) is 30.1 Å². The van der Waals surface area contributed by atoms with Crippen molar-refractivity contribution in [2.24, 2.45) is 0 Å². The molecule has 0 fully saturated rings. The Balaban J connectivity index is 1.64. The highest BCUT2D eigenvalue weighted by Gasteiger charge is 2.31. The summed E-state index contributed by atoms with van der Waals surface area (Å²) in [6, 6.07) is 11.0. The normalized spacial score (nSPS) is 15.3. The first-order valence-electron chi connectivity index (χ1n) is 11.5. The topological polar surface area (TPSA) is 98.0 Å². The van der Waals surface area contributed by atoms with E-state index in [1.807, 2.05) is 50.2 Å². The van der Waals surface area contributed by atoms with Crippen molar-refractivity contribution < 1.29 is 23.8 Å². The summed E-state index contributed by atoms with van der Waals surface area (Å²) in [7, 11) is 1.56. The van der Waals surface area contributed by atoms with Crippen LogP contribution in [0.3, 0.4) is 0 Å². The standard InChI is InChI=1S/C27H31NO6/c1-16-20(13-23(30)28-18(15-29)12-17-8-6-5-7-9-17)26(31)33-25-19-10-11-27(2,3)34-21(19)14-22(32-4)24(16)25/h5-9,14,18,29H,10-13,15H2,1-4H3,(H,28,30)/t18-/m1/s1. The van der Waals surface area contributed by atoms with Crippen molar-refractivity contribution in [1.82, 2.24) is 5.32 Å². The van der Waals surface area contributed by atoms with E-state index in [0.29, 0.717) is 40.9 Å². The molecule has 34 heavy (non-hydrogen) atoms. The maximum absolute atomic E-state index is 13.0. The Labute approximate surface area is 198 Å². The number of aryl methyl sites for hydroxylation is 2. The van der Waals surface area contributed by atoms with E-state index in [4.69, 9.17) is 13.9 Å². The fraction of sp³-hybridized carbons (Fsp3) is 0.407. The predicted octanol–water partition coefficient (Wildman–Crippen LogP) is 3.48. The van der Waals surface area contributed by atoms with Gasteiger partial charge in [0.1, 0.15) is 22.7 Å². The molecule has 1 aliphatic heterocycles. The number of fused-ring (bicyclic) bond motifs is 3. The first-order valence-corrected chi connectivity index (χ1v) is 11.5. The third-order valence-corrected chi connectivity index (χ3v) is 6.41. The molecule has 1 atom stereocenters. The molecule has 3 aromatic rings. The van der Waals surface area contributed by atoms with E-state index < -0.39 is 11.7 Å². The zero-order valence-electron chi connectivity index (χ0n) is 20.1. The quantitative estimate of drug-likeness (QED) is 0.519. The Bertz CT molecular complexity index is 1260. The first kappa shape index (κ1) is 23.8. The van der Waals surface area contributed by atoms with E-state index in [1.165, 1.54) is 0 Å². The highest BCUT2D eigenvalue weighted by atomic mass is 16.5. The monoisotopic (exact) mass is 465 g/mol. The SMILES string of the molecule is COc1cc2c(c3oc(=O)c(CC(=O)N[C@@H](CO)Cc4ccccc4)c(C)c13)CCC(C)(C)O2. The summed E-state index contributed by atoms with van der Waals surface area (Å²) in [6.45, 7) is 5.64. The smallest absolute Gasteiger partial charge is 0.340 e. The van der Waals surface area contributed by atoms with Crippen LogP contribution < -0.4 is 20.4 Å². The van der Waals surface area contributed by atoms with Gasteiger partial charge in [-0.3, -0.25) is 4.79 Å². The minimum absolute atomic E-state index is 0.154. The maximum Gasteiger partial charge on any atom is 0.340 e. The van der Waals surface area contributed by atoms with Crippen LogP contribution in [0.25, 0.3) is 11.0 Å². The van der Waals surface area contributed by atoms with E-state index in [2.05, 4.69) is 5.32 Å². The highest BCUT2D eigenvalue weighted by molar-refractivity contribution is 5.93. The number of rotatable bonds is 7. The summed E-state index contributed by atoms with van der Waals surface area (Å²) >= 11 is 0. The lowest BCUT2D eigenvalue weighted by Crippen LogP contribution is -2.40. The van der Waals surface area contributed by atoms with Crippen LogP contribution in [-0.4, -0.2) is 36.4 Å². The Kier molecular flexibility index (Phi) is 6.66. The average Bonchev–Trinajstić information content (AvgIpc) is 2.80. The number of carbonyl (C=O) groups excluding carboxylic acids is 1. The number of hydrogen-bond acceptors (Lipinski definition) is 6. The zero-order chi connectivity index (χ0) is 24.5. The molecule has 0 unspecified atom stereocenters. The van der Waals surface area contributed by atoms with Gasteiger partial charge in [0.05, 0.1) is 37.1 Å². The van der Waals surface area contributed by atoms with Gasteiger partial charge in [-0.2, -0.15) is 0 Å². The second-order valence-corrected chi connectivity index (χ2v) is 9.43. The van der Waals surface area contributed by atoms with Crippen molar-refractivity contribution in [3.8, 4) is 11.5 Å². The molecule has 0 saturated heterocycles. The lowest BCUT2D eigenvalue weighted by atomic mass is 9.91. The summed E-state index contributed by atoms with van der Waals surface area (Å²) in [5, 5.41) is 13.3. The van der Waals surface area contributed by atoms with Gasteiger partial charge < -0.3 is 24.3 Å². The molecular formula is C27H31NO6. The number of aliphatic hydroxyl groups is 1. The molecule has 0 spiro atoms. The summed E-state index contributed by atoms with van der Waals surface area (Å²) in [4.78, 5) is 25.8. The van der Waals surface area contributed by atoms with Gasteiger partial charge in [0, 0.05) is 11.6 Å². The minimum Gasteiger partial charge on any atom is -0.496 e. The molecule has 1 aromatic heterocycles. The summed E-state index contributed by atoms with van der Waals surface area (Å²) in [5.41, 5.74) is 2.35. The van der Waals surface area contributed by atoms with Gasteiger partial charge in [-0.05, 0) is 51.2 Å². The van der Waals surface area contributed by atoms with Gasteiger partial charge in [-0.15, -0.1) is 0 Å². The molecule has 2 heterocycles. The van der Waals surface area contributed by atoms with Crippen molar-refractivity contribution in [3.05, 3.63) is 69.1 Å². The van der Waals surface area contributed by atoms with E-state index in [9.17, 15) is 14.7 Å². The summed E-state index contributed by atoms with van der Waals surface area (Å²) < 4.78 is 17.5. The lowest BCUT2D eigenvalue weighted by molar-refractivity contribution is -0.121. The third kappa shape index (κ3) is 4.80. The number of hydrogen-bond donors (Lipinski definition) is 2. The van der Waals surface area contributed by atoms with Crippen LogP contribution >= 0.6 is 0 Å². The largest absolute Gasteiger partial charge is 0.496 e. The molecule has 7 heteroatoms. The average molecular weight is 466 g/mol. The van der Waals surface area contributed by atoms with E-state index in [0.717, 1.165) is 17.5 Å². The lowest BCUT2D eigenvalue weighted by Gasteiger charge is -2.33. The molecular weight excluding hydrogens is 434 g/mol. The number of methoxy groups -OCH3 is 1. The zero-order valence-corrected chi connectivity index (χ0v) is 20.1. The predicted molar refractivity (Wildman–Crippen MR) is 130 cm³/mol. The number of carbonyl (C=O) groups is 1. The van der Waals surface area contributed by atoms with Crippen LogP contribution in [0, 0.1) is 6.92 Å². The molecule has 0 saturated carbocycles. The van der Waals surface area contributed by atoms with Crippen molar-refractivity contribution in [2.45, 2.75) is 58.1 Å². The van der Waals surface area contributed by atoms with Gasteiger partial charge in [0.2, 0.25) is 5.91 Å². The fourth-order valence-corrected chi connectivity index (χ4v) is 4.55. The molecule has 2 N–H and O–H groups in total. The van der Waals surface area contributed by atoms with Crippen molar-refractivity contribution in [1.29, 1.82) is 0 Å². The minimum atomic E-state index is -0.552. The molecule has 1 aliphatic rings. The Morgan fingerprint density at radius 1 is 1.26 bits per heavy atom. The first-order chi connectivity index (χ1) is 16.2. The number of nitrogens with one attached hydrogen (secondary N) is 1. The Morgan fingerprint density at radius 3 is 2.68 bits per heavy atom. The van der Waals surface area contributed by atoms with Crippen LogP contribution in [0.15, 0.2) is 45.6 Å². The summed E-state index contributed by atoms with van der Waals surface area (Å²) in [6.07, 6.45) is 1.84. The van der Waals surface area contributed by atoms with Crippen LogP contribution in [0.4, 0.5) is 0 Å². The molecule has 180 valence electrons. The maximum atomic E-state index is 13.0. The van der Waals surface area contributed by atoms with Crippen LogP contribution in [0.5, 0.6) is 11.5 Å². The van der Waals surface area contributed by atoms with E-state index >= 15 is 0 Å². The molecule has 7 nitrogen and oxygen atoms in total. The number of amides is 1. The molecule has 2 aromatic carbocycles. The molecule has 0 aliphatic carbocycles. The van der Waals surface area contributed by atoms with Crippen molar-refractivity contribution in [3.63, 3.8) is 0 Å². The number of ether oxygens (including phenoxy) is 2. The van der Waals surface area contributed by atoms with Gasteiger partial charge in [0.15, 0.2) is 0 Å². The Hall–Kier alpha value is -3.32. The second kappa shape index (κ2) is 9.50. The molecule has 1 amide bonds. The molecule has 0 radical (unpaired) electrons. The Morgan fingerprint density at radius 2 is 2.00 bits per heavy atom. The number of benzene rings is 2. The van der Waals surface area contributed by atoms with Gasteiger partial charge >= 0.3 is 5.63 Å². The van der Waals surface area contributed by atoms with Crippen molar-refractivity contribution in [2.75, 3.05) is 13.7 Å². The highest BCUT2D eigenvalue weighted by Crippen LogP contribution is 2.43. The van der Waals surface area contributed by atoms with Crippen LogP contribution in [0.2, 0.25) is 0 Å². The molecule has 4 rings (SSSR count). The van der Waals surface area contributed by atoms with E-state index in [1.54, 1.807) is 14.0 Å². The van der Waals surface area contributed by atoms with Gasteiger partial charge in [-0.25, -0.2) is 4.79 Å². The van der Waals surface area contributed by atoms with Gasteiger partial charge in [-0.1, -0.05) is 30.3 Å². The summed E-state index contributed by atoms with van der Waals surface area (Å²) in [5.74, 6) is 0.832. The van der Waals surface area contributed by atoms with Crippen LogP contribution in [-0.2, 0) is 24.1 Å². The van der Waals surface area contributed by atoms with Crippen LogP contribution in [0.1, 0.15) is 42.5 Å². The fourth-order valence-electron chi connectivity index (χ4n) is 4.55. The third-order valence-electron chi connectivity index (χ3n) is 6.41. The van der Waals surface area contributed by atoms with Crippen molar-refractivity contribution >= 4 is 16.9 Å². The second-order valence-electron chi connectivity index (χ2n) is 9.43. The number of aliphatic hydroxyl groups excluding tert-OH is 1. The van der Waals surface area contributed by atoms with Gasteiger partial charge in [0.25, 0.3) is 0 Å².